The second-order valence-electron chi connectivity index (χ2n) is 6.09. The van der Waals surface area contributed by atoms with Crippen LogP contribution in [-0.2, 0) is 9.53 Å². The van der Waals surface area contributed by atoms with Crippen LogP contribution in [-0.4, -0.2) is 58.1 Å². The normalized spacial score (nSPS) is 21.0. The molecule has 3 heterocycles. The number of imidazole rings is 1. The smallest absolute Gasteiger partial charge is 0.313 e. The maximum Gasteiger partial charge on any atom is 0.313 e. The average molecular weight is 317 g/mol. The van der Waals surface area contributed by atoms with Gasteiger partial charge in [-0.3, -0.25) is 9.59 Å². The Kier molecular flexibility index (Phi) is 3.81. The molecule has 2 aromatic heterocycles. The molecule has 1 aliphatic rings. The van der Waals surface area contributed by atoms with Crippen LogP contribution in [0.4, 0.5) is 0 Å². The number of hydrogen-bond acceptors (Lipinski definition) is 4. The van der Waals surface area contributed by atoms with Crippen molar-refractivity contribution in [3.63, 3.8) is 0 Å². The molecule has 1 N–H and O–H groups in total. The summed E-state index contributed by atoms with van der Waals surface area (Å²) >= 11 is 0. The molecule has 1 amide bonds. The highest BCUT2D eigenvalue weighted by Gasteiger charge is 2.46. The van der Waals surface area contributed by atoms with Crippen LogP contribution in [0.25, 0.3) is 5.65 Å². The van der Waals surface area contributed by atoms with Crippen LogP contribution in [0.1, 0.15) is 22.5 Å². The van der Waals surface area contributed by atoms with E-state index < -0.39 is 11.4 Å². The molecule has 7 nitrogen and oxygen atoms in total. The fourth-order valence-electron chi connectivity index (χ4n) is 3.02. The summed E-state index contributed by atoms with van der Waals surface area (Å²) in [5, 5.41) is 9.47. The van der Waals surface area contributed by atoms with Crippen LogP contribution >= 0.6 is 0 Å². The summed E-state index contributed by atoms with van der Waals surface area (Å²) in [6.07, 6.45) is 3.91. The van der Waals surface area contributed by atoms with Gasteiger partial charge in [0.05, 0.1) is 6.61 Å². The Morgan fingerprint density at radius 3 is 2.96 bits per heavy atom. The first-order valence-corrected chi connectivity index (χ1v) is 7.42. The van der Waals surface area contributed by atoms with Crippen molar-refractivity contribution in [1.29, 1.82) is 0 Å². The van der Waals surface area contributed by atoms with Crippen LogP contribution in [0.5, 0.6) is 0 Å². The van der Waals surface area contributed by atoms with Crippen LogP contribution in [0.15, 0.2) is 24.5 Å². The number of aromatic nitrogens is 2. The number of likely N-dealkylation sites (tertiary alicyclic amines) is 1. The Bertz CT molecular complexity index is 770. The molecule has 23 heavy (non-hydrogen) atoms. The molecular weight excluding hydrogens is 298 g/mol. The van der Waals surface area contributed by atoms with E-state index in [1.807, 2.05) is 25.3 Å². The first-order chi connectivity index (χ1) is 10.9. The van der Waals surface area contributed by atoms with Gasteiger partial charge in [0, 0.05) is 32.6 Å². The molecule has 7 heteroatoms. The molecule has 0 bridgehead atoms. The van der Waals surface area contributed by atoms with Crippen molar-refractivity contribution in [2.45, 2.75) is 13.3 Å². The lowest BCUT2D eigenvalue weighted by Crippen LogP contribution is -2.40. The number of nitrogens with zero attached hydrogens (tertiary/aromatic N) is 3. The lowest BCUT2D eigenvalue weighted by Gasteiger charge is -2.23. The summed E-state index contributed by atoms with van der Waals surface area (Å²) in [6, 6.07) is 3.83. The number of fused-ring (bicyclic) bond motifs is 1. The molecule has 2 aromatic rings. The fourth-order valence-corrected chi connectivity index (χ4v) is 3.02. The van der Waals surface area contributed by atoms with E-state index in [1.54, 1.807) is 15.5 Å². The molecule has 0 aliphatic carbocycles. The van der Waals surface area contributed by atoms with Gasteiger partial charge in [-0.2, -0.15) is 0 Å². The molecule has 0 saturated carbocycles. The van der Waals surface area contributed by atoms with Gasteiger partial charge in [0.2, 0.25) is 0 Å². The van der Waals surface area contributed by atoms with Crippen LogP contribution in [0.2, 0.25) is 0 Å². The van der Waals surface area contributed by atoms with Gasteiger partial charge in [0.15, 0.2) is 0 Å². The molecule has 122 valence electrons. The molecule has 0 radical (unpaired) electrons. The predicted octanol–water partition coefficient (Wildman–Crippen LogP) is 1.21. The quantitative estimate of drug-likeness (QED) is 0.916. The Labute approximate surface area is 133 Å². The van der Waals surface area contributed by atoms with Crippen molar-refractivity contribution >= 4 is 17.5 Å². The molecular formula is C16H19N3O4. The highest BCUT2D eigenvalue weighted by molar-refractivity contribution is 5.94. The van der Waals surface area contributed by atoms with E-state index in [4.69, 9.17) is 4.74 Å². The zero-order valence-corrected chi connectivity index (χ0v) is 13.2. The molecule has 0 spiro atoms. The number of hydrogen-bond donors (Lipinski definition) is 1. The van der Waals surface area contributed by atoms with Gasteiger partial charge in [-0.1, -0.05) is 0 Å². The molecule has 3 rings (SSSR count). The van der Waals surface area contributed by atoms with E-state index >= 15 is 0 Å². The number of aryl methyl sites for hydroxylation is 1. The van der Waals surface area contributed by atoms with E-state index in [2.05, 4.69) is 4.98 Å². The number of carbonyl (C=O) groups excluding carboxylic acids is 1. The maximum atomic E-state index is 12.6. The number of carboxylic acids is 1. The second-order valence-corrected chi connectivity index (χ2v) is 6.09. The highest BCUT2D eigenvalue weighted by Crippen LogP contribution is 2.32. The van der Waals surface area contributed by atoms with E-state index in [0.717, 1.165) is 5.56 Å². The Balaban J connectivity index is 1.84. The van der Waals surface area contributed by atoms with E-state index in [0.29, 0.717) is 24.3 Å². The number of aliphatic carboxylic acids is 1. The first-order valence-electron chi connectivity index (χ1n) is 7.42. The van der Waals surface area contributed by atoms with Crippen molar-refractivity contribution in [1.82, 2.24) is 14.3 Å². The molecule has 1 atom stereocenters. The number of rotatable bonds is 4. The lowest BCUT2D eigenvalue weighted by molar-refractivity contribution is -0.151. The van der Waals surface area contributed by atoms with Crippen molar-refractivity contribution in [3.8, 4) is 0 Å². The van der Waals surface area contributed by atoms with Crippen LogP contribution in [0.3, 0.4) is 0 Å². The zero-order chi connectivity index (χ0) is 16.6. The van der Waals surface area contributed by atoms with E-state index in [-0.39, 0.29) is 19.1 Å². The minimum atomic E-state index is -1.03. The lowest BCUT2D eigenvalue weighted by atomic mass is 9.88. The number of carboxylic acid groups (broad SMARTS) is 1. The predicted molar refractivity (Wildman–Crippen MR) is 82.4 cm³/mol. The van der Waals surface area contributed by atoms with Crippen molar-refractivity contribution in [2.24, 2.45) is 5.41 Å². The Morgan fingerprint density at radius 2 is 2.26 bits per heavy atom. The van der Waals surface area contributed by atoms with Crippen molar-refractivity contribution in [3.05, 3.63) is 35.8 Å². The monoisotopic (exact) mass is 317 g/mol. The minimum absolute atomic E-state index is 0.0937. The highest BCUT2D eigenvalue weighted by atomic mass is 16.5. The summed E-state index contributed by atoms with van der Waals surface area (Å²) in [6.45, 7) is 2.59. The van der Waals surface area contributed by atoms with Crippen molar-refractivity contribution < 1.29 is 19.4 Å². The van der Waals surface area contributed by atoms with Gasteiger partial charge >= 0.3 is 5.97 Å². The summed E-state index contributed by atoms with van der Waals surface area (Å²) < 4.78 is 6.83. The third-order valence-corrected chi connectivity index (χ3v) is 4.35. The Hall–Kier alpha value is -2.41. The van der Waals surface area contributed by atoms with Gasteiger partial charge in [-0.15, -0.1) is 0 Å². The van der Waals surface area contributed by atoms with Gasteiger partial charge in [0.25, 0.3) is 5.91 Å². The third kappa shape index (κ3) is 2.68. The minimum Gasteiger partial charge on any atom is -0.481 e. The summed E-state index contributed by atoms with van der Waals surface area (Å²) in [7, 11) is 1.47. The Morgan fingerprint density at radius 1 is 1.48 bits per heavy atom. The second kappa shape index (κ2) is 5.66. The number of methoxy groups -OCH3 is 1. The van der Waals surface area contributed by atoms with Crippen LogP contribution in [0, 0.1) is 12.3 Å². The van der Waals surface area contributed by atoms with Gasteiger partial charge < -0.3 is 19.1 Å². The SMILES string of the molecule is COCC1(C(=O)O)CCN(C(=O)c2cn3ccc(C)cc3n2)C1. The summed E-state index contributed by atoms with van der Waals surface area (Å²) in [5.41, 5.74) is 1.07. The largest absolute Gasteiger partial charge is 0.481 e. The van der Waals surface area contributed by atoms with Crippen LogP contribution < -0.4 is 0 Å². The topological polar surface area (TPSA) is 84.1 Å². The molecule has 1 unspecified atom stereocenters. The average Bonchev–Trinajstić information content (AvgIpc) is 3.11. The van der Waals surface area contributed by atoms with E-state index in [9.17, 15) is 14.7 Å². The number of amides is 1. The summed E-state index contributed by atoms with van der Waals surface area (Å²) in [4.78, 5) is 30.1. The zero-order valence-electron chi connectivity index (χ0n) is 13.2. The number of pyridine rings is 1. The molecule has 0 aromatic carbocycles. The van der Waals surface area contributed by atoms with E-state index in [1.165, 1.54) is 7.11 Å². The first kappa shape index (κ1) is 15.5. The molecule has 1 fully saturated rings. The van der Waals surface area contributed by atoms with Gasteiger partial charge in [-0.05, 0) is 31.0 Å². The standard InChI is InChI=1S/C16H19N3O4/c1-11-3-5-18-8-12(17-13(18)7-11)14(20)19-6-4-16(9-19,10-23-2)15(21)22/h3,5,7-8H,4,6,9-10H2,1-2H3,(H,21,22). The van der Waals surface area contributed by atoms with Gasteiger partial charge in [-0.25, -0.2) is 4.98 Å². The number of ether oxygens (including phenoxy) is 1. The fraction of sp³-hybridized carbons (Fsp3) is 0.438. The maximum absolute atomic E-state index is 12.6. The molecule has 1 saturated heterocycles. The molecule has 1 aliphatic heterocycles. The third-order valence-electron chi connectivity index (χ3n) is 4.35. The summed E-state index contributed by atoms with van der Waals surface area (Å²) in [5.74, 6) is -1.18. The van der Waals surface area contributed by atoms with Gasteiger partial charge in [0.1, 0.15) is 16.8 Å². The van der Waals surface area contributed by atoms with Crippen molar-refractivity contribution in [2.75, 3.05) is 26.8 Å². The number of carbonyl (C=O) groups is 2.